The summed E-state index contributed by atoms with van der Waals surface area (Å²) in [5, 5.41) is 0. The van der Waals surface area contributed by atoms with E-state index in [2.05, 4.69) is 38.0 Å². The number of hydrogen-bond donors (Lipinski definition) is 0. The minimum atomic E-state index is 0. The summed E-state index contributed by atoms with van der Waals surface area (Å²) in [4.78, 5) is 17.3. The summed E-state index contributed by atoms with van der Waals surface area (Å²) < 4.78 is 0. The first-order valence-electron chi connectivity index (χ1n) is 8.84. The molecule has 1 aliphatic rings. The van der Waals surface area contributed by atoms with Crippen molar-refractivity contribution in [2.24, 2.45) is 11.8 Å². The molecule has 0 amide bonds. The van der Waals surface area contributed by atoms with Crippen LogP contribution in [-0.2, 0) is 4.79 Å². The van der Waals surface area contributed by atoms with Gasteiger partial charge in [0.2, 0.25) is 0 Å². The molecule has 0 aromatic heterocycles. The maximum Gasteiger partial charge on any atom is 0.141 e. The molecule has 0 aromatic rings. The van der Waals surface area contributed by atoms with Crippen LogP contribution in [-0.4, -0.2) is 56.9 Å². The van der Waals surface area contributed by atoms with Gasteiger partial charge in [0.1, 0.15) is 5.78 Å². The summed E-state index contributed by atoms with van der Waals surface area (Å²) in [7, 11) is 8.35. The number of nitrogens with zero attached hydrogens (tertiary/aromatic N) is 2. The van der Waals surface area contributed by atoms with Gasteiger partial charge in [0, 0.05) is 24.9 Å². The van der Waals surface area contributed by atoms with Gasteiger partial charge in [0.05, 0.1) is 0 Å². The van der Waals surface area contributed by atoms with Crippen LogP contribution in [0.4, 0.5) is 0 Å². The van der Waals surface area contributed by atoms with E-state index < -0.39 is 0 Å². The Kier molecular flexibility index (Phi) is 16.0. The molecule has 3 nitrogen and oxygen atoms in total. The lowest BCUT2D eigenvalue weighted by atomic mass is 9.84. The first-order valence-corrected chi connectivity index (χ1v) is 8.84. The number of halogens is 2. The van der Waals surface area contributed by atoms with Crippen LogP contribution in [0.25, 0.3) is 0 Å². The third kappa shape index (κ3) is 11.4. The van der Waals surface area contributed by atoms with Crippen LogP contribution in [0.2, 0.25) is 0 Å². The number of carbonyl (C=O) groups is 1. The second kappa shape index (κ2) is 14.5. The maximum absolute atomic E-state index is 13.0. The van der Waals surface area contributed by atoms with Crippen molar-refractivity contribution >= 4 is 30.6 Å². The largest absolute Gasteiger partial charge is 0.309 e. The molecule has 0 aromatic carbocycles. The molecular weight excluding hydrogens is 331 g/mol. The number of ketones is 1. The van der Waals surface area contributed by atoms with Gasteiger partial charge < -0.3 is 9.80 Å². The molecule has 23 heavy (non-hydrogen) atoms. The minimum Gasteiger partial charge on any atom is -0.309 e. The van der Waals surface area contributed by atoms with Crippen LogP contribution in [0.15, 0.2) is 0 Å². The molecule has 1 rings (SSSR count). The Balaban J connectivity index is 0. The zero-order chi connectivity index (χ0) is 15.7. The van der Waals surface area contributed by atoms with E-state index in [9.17, 15) is 4.79 Å². The molecule has 5 heteroatoms. The van der Waals surface area contributed by atoms with Gasteiger partial charge in [0.15, 0.2) is 0 Å². The van der Waals surface area contributed by atoms with Crippen molar-refractivity contribution < 1.29 is 4.79 Å². The fourth-order valence-electron chi connectivity index (χ4n) is 3.53. The third-order valence-corrected chi connectivity index (χ3v) is 4.58. The van der Waals surface area contributed by atoms with Gasteiger partial charge >= 0.3 is 0 Å². The highest BCUT2D eigenvalue weighted by molar-refractivity contribution is 5.85. The highest BCUT2D eigenvalue weighted by Gasteiger charge is 2.27. The lowest BCUT2D eigenvalue weighted by Crippen LogP contribution is -2.36. The van der Waals surface area contributed by atoms with Crippen LogP contribution in [0.1, 0.15) is 57.8 Å². The SMILES string of the molecule is CN(C)CC1CCCCCCCCCC(CN(C)C)C1=O.Cl.Cl. The van der Waals surface area contributed by atoms with Crippen LogP contribution in [0, 0.1) is 11.8 Å². The van der Waals surface area contributed by atoms with Crippen LogP contribution in [0.5, 0.6) is 0 Å². The van der Waals surface area contributed by atoms with E-state index in [0.717, 1.165) is 25.9 Å². The number of hydrogen-bond acceptors (Lipinski definition) is 3. The van der Waals surface area contributed by atoms with E-state index in [4.69, 9.17) is 0 Å². The number of Topliss-reactive ketones (excluding diaryl/α,β-unsaturated/α-hetero) is 1. The first-order chi connectivity index (χ1) is 10.0. The van der Waals surface area contributed by atoms with Gasteiger partial charge in [0.25, 0.3) is 0 Å². The van der Waals surface area contributed by atoms with Crippen LogP contribution >= 0.6 is 24.8 Å². The van der Waals surface area contributed by atoms with Crippen LogP contribution in [0.3, 0.4) is 0 Å². The summed E-state index contributed by atoms with van der Waals surface area (Å²) in [5.74, 6) is 1.01. The molecule has 2 atom stereocenters. The molecule has 0 spiro atoms. The molecule has 1 aliphatic carbocycles. The predicted octanol–water partition coefficient (Wildman–Crippen LogP) is 4.28. The minimum absolute atomic E-state index is 0. The second-order valence-corrected chi connectivity index (χ2v) is 7.37. The highest BCUT2D eigenvalue weighted by Crippen LogP contribution is 2.23. The van der Waals surface area contributed by atoms with Gasteiger partial charge in [-0.25, -0.2) is 0 Å². The summed E-state index contributed by atoms with van der Waals surface area (Å²) in [6.07, 6.45) is 11.3. The van der Waals surface area contributed by atoms with E-state index in [0.29, 0.717) is 5.78 Å². The average molecular weight is 369 g/mol. The van der Waals surface area contributed by atoms with Crippen LogP contribution < -0.4 is 0 Å². The Bertz CT molecular complexity index is 273. The lowest BCUT2D eigenvalue weighted by Gasteiger charge is -2.27. The van der Waals surface area contributed by atoms with Crippen molar-refractivity contribution in [3.8, 4) is 0 Å². The zero-order valence-electron chi connectivity index (χ0n) is 15.6. The Hall–Kier alpha value is 0.170. The fraction of sp³-hybridized carbons (Fsp3) is 0.944. The van der Waals surface area contributed by atoms with E-state index >= 15 is 0 Å². The van der Waals surface area contributed by atoms with Gasteiger partial charge in [-0.05, 0) is 41.0 Å². The highest BCUT2D eigenvalue weighted by atomic mass is 35.5. The van der Waals surface area contributed by atoms with Crippen molar-refractivity contribution in [3.05, 3.63) is 0 Å². The zero-order valence-corrected chi connectivity index (χ0v) is 17.2. The Morgan fingerprint density at radius 1 is 0.696 bits per heavy atom. The van der Waals surface area contributed by atoms with Crippen molar-refractivity contribution in [1.29, 1.82) is 0 Å². The van der Waals surface area contributed by atoms with Crippen molar-refractivity contribution in [2.75, 3.05) is 41.3 Å². The standard InChI is InChI=1S/C18H36N2O.2ClH/c1-19(2)14-16-12-10-8-6-5-7-9-11-13-17(18(16)21)15-20(3)4;;/h16-17H,5-15H2,1-4H3;2*1H. The van der Waals surface area contributed by atoms with E-state index in [-0.39, 0.29) is 36.6 Å². The average Bonchev–Trinajstić information content (AvgIpc) is 2.40. The maximum atomic E-state index is 13.0. The Morgan fingerprint density at radius 2 is 1.00 bits per heavy atom. The van der Waals surface area contributed by atoms with Gasteiger partial charge in [-0.2, -0.15) is 0 Å². The molecular formula is C18H38Cl2N2O. The molecule has 1 fully saturated rings. The Morgan fingerprint density at radius 3 is 1.30 bits per heavy atom. The van der Waals surface area contributed by atoms with Crippen molar-refractivity contribution in [1.82, 2.24) is 9.80 Å². The molecule has 0 radical (unpaired) electrons. The summed E-state index contributed by atoms with van der Waals surface area (Å²) in [5.41, 5.74) is 0. The molecule has 0 aliphatic heterocycles. The van der Waals surface area contributed by atoms with Gasteiger partial charge in [-0.15, -0.1) is 24.8 Å². The van der Waals surface area contributed by atoms with Gasteiger partial charge in [-0.3, -0.25) is 4.79 Å². The van der Waals surface area contributed by atoms with Crippen molar-refractivity contribution in [3.63, 3.8) is 0 Å². The smallest absolute Gasteiger partial charge is 0.141 e. The fourth-order valence-corrected chi connectivity index (χ4v) is 3.53. The number of rotatable bonds is 4. The summed E-state index contributed by atoms with van der Waals surface area (Å²) in [6.45, 7) is 1.84. The summed E-state index contributed by atoms with van der Waals surface area (Å²) >= 11 is 0. The van der Waals surface area contributed by atoms with Gasteiger partial charge in [-0.1, -0.05) is 44.9 Å². The van der Waals surface area contributed by atoms with E-state index in [1.54, 1.807) is 0 Å². The first kappa shape index (κ1) is 25.4. The molecule has 0 heterocycles. The summed E-state index contributed by atoms with van der Waals surface area (Å²) in [6, 6.07) is 0. The molecule has 1 saturated carbocycles. The monoisotopic (exact) mass is 368 g/mol. The number of carbonyl (C=O) groups excluding carboxylic acids is 1. The van der Waals surface area contributed by atoms with E-state index in [1.165, 1.54) is 44.9 Å². The third-order valence-electron chi connectivity index (χ3n) is 4.58. The quantitative estimate of drug-likeness (QED) is 0.739. The molecule has 0 bridgehead atoms. The predicted molar refractivity (Wildman–Crippen MR) is 105 cm³/mol. The Labute approximate surface area is 156 Å². The topological polar surface area (TPSA) is 23.6 Å². The lowest BCUT2D eigenvalue weighted by molar-refractivity contribution is -0.128. The molecule has 140 valence electrons. The molecule has 0 N–H and O–H groups in total. The molecule has 0 saturated heterocycles. The normalized spacial score (nSPS) is 24.3. The van der Waals surface area contributed by atoms with Crippen molar-refractivity contribution in [2.45, 2.75) is 57.8 Å². The molecule has 2 unspecified atom stereocenters. The van der Waals surface area contributed by atoms with E-state index in [1.807, 2.05) is 0 Å². The second-order valence-electron chi connectivity index (χ2n) is 7.37.